The predicted molar refractivity (Wildman–Crippen MR) is 74.8 cm³/mol. The van der Waals surface area contributed by atoms with Crippen molar-refractivity contribution in [2.75, 3.05) is 23.7 Å². The molecule has 1 aliphatic heterocycles. The summed E-state index contributed by atoms with van der Waals surface area (Å²) >= 11 is 0. The van der Waals surface area contributed by atoms with Crippen LogP contribution in [0.3, 0.4) is 0 Å². The normalized spacial score (nSPS) is 14.5. The van der Waals surface area contributed by atoms with Crippen LogP contribution in [0.1, 0.15) is 18.5 Å². The molecule has 2 aromatic heterocycles. The molecular weight excluding hydrogens is 254 g/mol. The van der Waals surface area contributed by atoms with Crippen LogP contribution in [0.15, 0.2) is 12.3 Å². The Kier molecular flexibility index (Phi) is 2.99. The zero-order valence-electron chi connectivity index (χ0n) is 11.2. The van der Waals surface area contributed by atoms with E-state index < -0.39 is 0 Å². The molecule has 0 spiro atoms. The van der Waals surface area contributed by atoms with Crippen LogP contribution < -0.4 is 10.6 Å². The quantitative estimate of drug-likeness (QED) is 0.871. The van der Waals surface area contributed by atoms with Gasteiger partial charge in [-0.3, -0.25) is 4.68 Å². The zero-order valence-corrected chi connectivity index (χ0v) is 11.2. The van der Waals surface area contributed by atoms with E-state index in [1.165, 1.54) is 0 Å². The minimum Gasteiger partial charge on any atom is -0.368 e. The SMILES string of the molecule is Cn1cc(-c2cc(N3CCCC3)nc(N)n2)c(C#N)n1. The molecule has 0 radical (unpaired) electrons. The first kappa shape index (κ1) is 12.4. The number of nitrogen functional groups attached to an aromatic ring is 1. The number of aromatic nitrogens is 4. The summed E-state index contributed by atoms with van der Waals surface area (Å²) in [6, 6.07) is 3.95. The molecule has 0 amide bonds. The van der Waals surface area contributed by atoms with Crippen molar-refractivity contribution in [3.8, 4) is 17.3 Å². The summed E-state index contributed by atoms with van der Waals surface area (Å²) in [6.45, 7) is 1.96. The largest absolute Gasteiger partial charge is 0.368 e. The van der Waals surface area contributed by atoms with E-state index in [4.69, 9.17) is 11.0 Å². The Bertz CT molecular complexity index is 677. The highest BCUT2D eigenvalue weighted by Gasteiger charge is 2.18. The highest BCUT2D eigenvalue weighted by Crippen LogP contribution is 2.26. The summed E-state index contributed by atoms with van der Waals surface area (Å²) in [6.07, 6.45) is 4.10. The highest BCUT2D eigenvalue weighted by atomic mass is 15.3. The minimum atomic E-state index is 0.220. The molecule has 0 aliphatic carbocycles. The smallest absolute Gasteiger partial charge is 0.222 e. The fourth-order valence-corrected chi connectivity index (χ4v) is 2.46. The van der Waals surface area contributed by atoms with Crippen LogP contribution in [0.5, 0.6) is 0 Å². The molecule has 3 heterocycles. The highest BCUT2D eigenvalue weighted by molar-refractivity contribution is 5.68. The molecule has 7 nitrogen and oxygen atoms in total. The second-order valence-corrected chi connectivity index (χ2v) is 4.84. The van der Waals surface area contributed by atoms with Crippen molar-refractivity contribution in [2.24, 2.45) is 7.05 Å². The Balaban J connectivity index is 2.07. The lowest BCUT2D eigenvalue weighted by atomic mass is 10.2. The van der Waals surface area contributed by atoms with Gasteiger partial charge in [0, 0.05) is 32.4 Å². The number of hydrogen-bond acceptors (Lipinski definition) is 6. The number of nitrogens with two attached hydrogens (primary N) is 1. The summed E-state index contributed by atoms with van der Waals surface area (Å²) in [7, 11) is 1.77. The molecule has 0 atom stereocenters. The van der Waals surface area contributed by atoms with Crippen LogP contribution in [-0.4, -0.2) is 32.8 Å². The monoisotopic (exact) mass is 269 g/mol. The van der Waals surface area contributed by atoms with Crippen LogP contribution in [0.25, 0.3) is 11.3 Å². The van der Waals surface area contributed by atoms with E-state index in [0.717, 1.165) is 31.7 Å². The van der Waals surface area contributed by atoms with Gasteiger partial charge in [-0.2, -0.15) is 15.3 Å². The molecule has 1 saturated heterocycles. The Labute approximate surface area is 116 Å². The molecule has 102 valence electrons. The molecule has 3 rings (SSSR count). The molecule has 7 heteroatoms. The Morgan fingerprint density at radius 2 is 2.05 bits per heavy atom. The maximum absolute atomic E-state index is 9.13. The van der Waals surface area contributed by atoms with Crippen LogP contribution in [0, 0.1) is 11.3 Å². The van der Waals surface area contributed by atoms with Crippen LogP contribution in [0.2, 0.25) is 0 Å². The van der Waals surface area contributed by atoms with Crippen molar-refractivity contribution >= 4 is 11.8 Å². The van der Waals surface area contributed by atoms with Gasteiger partial charge in [-0.1, -0.05) is 0 Å². The maximum Gasteiger partial charge on any atom is 0.222 e. The summed E-state index contributed by atoms with van der Waals surface area (Å²) in [4.78, 5) is 10.7. The average Bonchev–Trinajstić information content (AvgIpc) is 3.06. The molecule has 0 bridgehead atoms. The topological polar surface area (TPSA) is 96.6 Å². The van der Waals surface area contributed by atoms with Crippen molar-refractivity contribution in [2.45, 2.75) is 12.8 Å². The third kappa shape index (κ3) is 2.16. The van der Waals surface area contributed by atoms with Gasteiger partial charge < -0.3 is 10.6 Å². The Morgan fingerprint density at radius 1 is 1.30 bits per heavy atom. The molecule has 0 saturated carbocycles. The molecule has 0 aromatic carbocycles. The third-order valence-electron chi connectivity index (χ3n) is 3.37. The molecule has 0 unspecified atom stereocenters. The minimum absolute atomic E-state index is 0.220. The van der Waals surface area contributed by atoms with Gasteiger partial charge in [0.25, 0.3) is 0 Å². The zero-order chi connectivity index (χ0) is 14.1. The predicted octanol–water partition coefficient (Wildman–Crippen LogP) is 0.931. The van der Waals surface area contributed by atoms with Crippen LogP contribution in [0.4, 0.5) is 11.8 Å². The second-order valence-electron chi connectivity index (χ2n) is 4.84. The fraction of sp³-hybridized carbons (Fsp3) is 0.385. The maximum atomic E-state index is 9.13. The first-order valence-corrected chi connectivity index (χ1v) is 6.51. The number of nitriles is 1. The van der Waals surface area contributed by atoms with Gasteiger partial charge in [0.2, 0.25) is 5.95 Å². The van der Waals surface area contributed by atoms with Crippen molar-refractivity contribution < 1.29 is 0 Å². The van der Waals surface area contributed by atoms with Crippen molar-refractivity contribution in [1.82, 2.24) is 19.7 Å². The third-order valence-corrected chi connectivity index (χ3v) is 3.37. The first-order valence-electron chi connectivity index (χ1n) is 6.51. The van der Waals surface area contributed by atoms with Crippen molar-refractivity contribution in [3.05, 3.63) is 18.0 Å². The van der Waals surface area contributed by atoms with Gasteiger partial charge in [0.15, 0.2) is 5.69 Å². The molecule has 2 N–H and O–H groups in total. The van der Waals surface area contributed by atoms with Gasteiger partial charge in [-0.15, -0.1) is 0 Å². The van der Waals surface area contributed by atoms with Crippen molar-refractivity contribution in [1.29, 1.82) is 5.26 Å². The van der Waals surface area contributed by atoms with E-state index >= 15 is 0 Å². The number of rotatable bonds is 2. The van der Waals surface area contributed by atoms with Crippen LogP contribution >= 0.6 is 0 Å². The van der Waals surface area contributed by atoms with Crippen molar-refractivity contribution in [3.63, 3.8) is 0 Å². The number of aryl methyl sites for hydroxylation is 1. The number of nitrogens with zero attached hydrogens (tertiary/aromatic N) is 6. The van der Waals surface area contributed by atoms with Crippen LogP contribution in [-0.2, 0) is 7.05 Å². The average molecular weight is 269 g/mol. The molecular formula is C13H15N7. The van der Waals surface area contributed by atoms with E-state index in [1.807, 2.05) is 6.07 Å². The van der Waals surface area contributed by atoms with Gasteiger partial charge >= 0.3 is 0 Å². The fourth-order valence-electron chi connectivity index (χ4n) is 2.46. The lowest BCUT2D eigenvalue weighted by Crippen LogP contribution is -2.19. The summed E-state index contributed by atoms with van der Waals surface area (Å²) in [5.41, 5.74) is 7.48. The van der Waals surface area contributed by atoms with E-state index in [2.05, 4.69) is 26.0 Å². The van der Waals surface area contributed by atoms with Gasteiger partial charge in [-0.05, 0) is 12.8 Å². The molecule has 1 fully saturated rings. The van der Waals surface area contributed by atoms with E-state index in [-0.39, 0.29) is 5.95 Å². The van der Waals surface area contributed by atoms with Gasteiger partial charge in [0.1, 0.15) is 11.9 Å². The van der Waals surface area contributed by atoms with Gasteiger partial charge in [-0.25, -0.2) is 4.98 Å². The first-order chi connectivity index (χ1) is 9.67. The Hall–Kier alpha value is -2.62. The number of anilines is 2. The standard InChI is InChI=1S/C13H15N7/c1-19-8-9(11(7-14)18-19)10-6-12(17-13(15)16-10)20-4-2-3-5-20/h6,8H,2-5H2,1H3,(H2,15,16,17). The molecule has 1 aliphatic rings. The lowest BCUT2D eigenvalue weighted by molar-refractivity contribution is 0.763. The summed E-state index contributed by atoms with van der Waals surface area (Å²) < 4.78 is 1.60. The molecule has 2 aromatic rings. The van der Waals surface area contributed by atoms with E-state index in [0.29, 0.717) is 17.0 Å². The summed E-state index contributed by atoms with van der Waals surface area (Å²) in [5.74, 6) is 1.04. The van der Waals surface area contributed by atoms with E-state index in [9.17, 15) is 0 Å². The second kappa shape index (κ2) is 4.81. The lowest BCUT2D eigenvalue weighted by Gasteiger charge is -2.17. The summed E-state index contributed by atoms with van der Waals surface area (Å²) in [5, 5.41) is 13.2. The number of hydrogen-bond donors (Lipinski definition) is 1. The molecule has 20 heavy (non-hydrogen) atoms. The Morgan fingerprint density at radius 3 is 2.75 bits per heavy atom. The van der Waals surface area contributed by atoms with Gasteiger partial charge in [0.05, 0.1) is 11.3 Å². The van der Waals surface area contributed by atoms with E-state index in [1.54, 1.807) is 17.9 Å².